The summed E-state index contributed by atoms with van der Waals surface area (Å²) < 4.78 is 0. The Morgan fingerprint density at radius 1 is 1.76 bits per heavy atom. The minimum atomic E-state index is -0.656. The lowest BCUT2D eigenvalue weighted by Crippen LogP contribution is -2.62. The number of carbonyl (C=O) groups excluding carboxylic acids is 1. The Morgan fingerprint density at radius 3 is 3.00 bits per heavy atom. The first kappa shape index (κ1) is 13.8. The Morgan fingerprint density at radius 2 is 2.47 bits per heavy atom. The van der Waals surface area contributed by atoms with E-state index in [2.05, 4.69) is 27.2 Å². The standard InChI is InChI=1S/C10H20N6O/c1-8-7-10(9(11)17,3-6-16(8)2)13-4-5-14-15-12/h8,13H,3-7H2,1-2H3,(H2,11,17). The Kier molecular flexibility index (Phi) is 4.74. The van der Waals surface area contributed by atoms with E-state index in [9.17, 15) is 4.79 Å². The number of nitrogens with two attached hydrogens (primary N) is 1. The highest BCUT2D eigenvalue weighted by Crippen LogP contribution is 2.25. The van der Waals surface area contributed by atoms with Crippen molar-refractivity contribution in [2.24, 2.45) is 10.8 Å². The fraction of sp³-hybridized carbons (Fsp3) is 0.900. The van der Waals surface area contributed by atoms with Crippen LogP contribution >= 0.6 is 0 Å². The number of nitrogens with zero attached hydrogens (tertiary/aromatic N) is 4. The topological polar surface area (TPSA) is 107 Å². The van der Waals surface area contributed by atoms with Crippen molar-refractivity contribution in [3.05, 3.63) is 10.4 Å². The van der Waals surface area contributed by atoms with Crippen LogP contribution in [0.1, 0.15) is 19.8 Å². The van der Waals surface area contributed by atoms with Gasteiger partial charge in [0.1, 0.15) is 5.54 Å². The Labute approximate surface area is 101 Å². The first-order chi connectivity index (χ1) is 8.02. The van der Waals surface area contributed by atoms with Gasteiger partial charge < -0.3 is 16.0 Å². The molecule has 0 saturated carbocycles. The molecule has 2 atom stereocenters. The van der Waals surface area contributed by atoms with Crippen LogP contribution in [0.5, 0.6) is 0 Å². The van der Waals surface area contributed by atoms with E-state index < -0.39 is 5.54 Å². The van der Waals surface area contributed by atoms with Crippen molar-refractivity contribution in [1.82, 2.24) is 10.2 Å². The van der Waals surface area contributed by atoms with Crippen LogP contribution in [0, 0.1) is 0 Å². The van der Waals surface area contributed by atoms with Gasteiger partial charge in [-0.1, -0.05) is 5.11 Å². The van der Waals surface area contributed by atoms with Crippen LogP contribution in [0.25, 0.3) is 10.4 Å². The van der Waals surface area contributed by atoms with Crippen LogP contribution < -0.4 is 11.1 Å². The van der Waals surface area contributed by atoms with Crippen molar-refractivity contribution in [3.63, 3.8) is 0 Å². The maximum absolute atomic E-state index is 11.6. The van der Waals surface area contributed by atoms with Crippen molar-refractivity contribution in [3.8, 4) is 0 Å². The fourth-order valence-corrected chi connectivity index (χ4v) is 2.21. The molecule has 0 bridgehead atoms. The van der Waals surface area contributed by atoms with Gasteiger partial charge >= 0.3 is 0 Å². The monoisotopic (exact) mass is 240 g/mol. The summed E-state index contributed by atoms with van der Waals surface area (Å²) in [5, 5.41) is 6.59. The molecular formula is C10H20N6O. The van der Waals surface area contributed by atoms with Crippen LogP contribution in [0.2, 0.25) is 0 Å². The molecule has 1 amide bonds. The summed E-state index contributed by atoms with van der Waals surface area (Å²) in [5.41, 5.74) is 13.0. The number of likely N-dealkylation sites (tertiary alicyclic amines) is 1. The summed E-state index contributed by atoms with van der Waals surface area (Å²) in [6, 6.07) is 0.309. The van der Waals surface area contributed by atoms with E-state index in [1.165, 1.54) is 0 Å². The molecule has 96 valence electrons. The zero-order chi connectivity index (χ0) is 12.9. The molecule has 3 N–H and O–H groups in total. The zero-order valence-electron chi connectivity index (χ0n) is 10.4. The minimum Gasteiger partial charge on any atom is -0.368 e. The molecule has 0 aromatic heterocycles. The number of primary amides is 1. The van der Waals surface area contributed by atoms with E-state index in [4.69, 9.17) is 11.3 Å². The van der Waals surface area contributed by atoms with Crippen molar-refractivity contribution in [2.45, 2.75) is 31.3 Å². The molecule has 1 rings (SSSR count). The third-order valence-electron chi connectivity index (χ3n) is 3.50. The largest absolute Gasteiger partial charge is 0.368 e. The van der Waals surface area contributed by atoms with E-state index >= 15 is 0 Å². The van der Waals surface area contributed by atoms with E-state index in [1.54, 1.807) is 0 Å². The molecule has 17 heavy (non-hydrogen) atoms. The Hall–Kier alpha value is -1.30. The maximum Gasteiger partial charge on any atom is 0.237 e. The molecule has 1 saturated heterocycles. The molecule has 7 heteroatoms. The number of nitrogens with one attached hydrogen (secondary N) is 1. The molecule has 1 aliphatic rings. The van der Waals surface area contributed by atoms with Gasteiger partial charge in [0.15, 0.2) is 0 Å². The van der Waals surface area contributed by atoms with Crippen molar-refractivity contribution in [2.75, 3.05) is 26.7 Å². The Bertz CT molecular complexity index is 327. The predicted octanol–water partition coefficient (Wildman–Crippen LogP) is 0.225. The lowest BCUT2D eigenvalue weighted by atomic mass is 9.83. The van der Waals surface area contributed by atoms with E-state index in [1.807, 2.05) is 7.05 Å². The van der Waals surface area contributed by atoms with Gasteiger partial charge in [0.2, 0.25) is 5.91 Å². The molecule has 2 unspecified atom stereocenters. The van der Waals surface area contributed by atoms with Crippen molar-refractivity contribution in [1.29, 1.82) is 0 Å². The second kappa shape index (κ2) is 5.86. The molecule has 0 radical (unpaired) electrons. The zero-order valence-corrected chi connectivity index (χ0v) is 10.4. The molecule has 0 aromatic rings. The normalized spacial score (nSPS) is 29.6. The lowest BCUT2D eigenvalue weighted by Gasteiger charge is -2.42. The van der Waals surface area contributed by atoms with E-state index in [0.717, 1.165) is 6.54 Å². The van der Waals surface area contributed by atoms with Crippen molar-refractivity contribution >= 4 is 5.91 Å². The smallest absolute Gasteiger partial charge is 0.237 e. The van der Waals surface area contributed by atoms with E-state index in [-0.39, 0.29) is 5.91 Å². The lowest BCUT2D eigenvalue weighted by molar-refractivity contribution is -0.127. The van der Waals surface area contributed by atoms with Crippen LogP contribution in [0.3, 0.4) is 0 Å². The molecule has 1 aliphatic heterocycles. The van der Waals surface area contributed by atoms with Crippen LogP contribution in [-0.2, 0) is 4.79 Å². The summed E-state index contributed by atoms with van der Waals surface area (Å²) in [6.45, 7) is 3.71. The van der Waals surface area contributed by atoms with Gasteiger partial charge in [-0.25, -0.2) is 0 Å². The molecule has 1 heterocycles. The van der Waals surface area contributed by atoms with Gasteiger partial charge in [-0.15, -0.1) is 0 Å². The SMILES string of the molecule is CC1CC(NCCN=[N+]=[N-])(C(N)=O)CCN1C. The second-order valence-corrected chi connectivity index (χ2v) is 4.61. The molecular weight excluding hydrogens is 220 g/mol. The first-order valence-corrected chi connectivity index (χ1v) is 5.78. The summed E-state index contributed by atoms with van der Waals surface area (Å²) in [5.74, 6) is -0.321. The van der Waals surface area contributed by atoms with E-state index in [0.29, 0.717) is 32.0 Å². The highest BCUT2D eigenvalue weighted by molar-refractivity contribution is 5.84. The first-order valence-electron chi connectivity index (χ1n) is 5.78. The number of hydrogen-bond acceptors (Lipinski definition) is 4. The second-order valence-electron chi connectivity index (χ2n) is 4.61. The minimum absolute atomic E-state index is 0.309. The van der Waals surface area contributed by atoms with Crippen molar-refractivity contribution < 1.29 is 4.79 Å². The number of rotatable bonds is 5. The summed E-state index contributed by atoms with van der Waals surface area (Å²) in [6.07, 6.45) is 1.38. The number of piperidine rings is 1. The van der Waals surface area contributed by atoms with Gasteiger partial charge in [0.25, 0.3) is 0 Å². The van der Waals surface area contributed by atoms with Gasteiger partial charge in [-0.05, 0) is 32.3 Å². The average Bonchev–Trinajstić information content (AvgIpc) is 2.29. The summed E-state index contributed by atoms with van der Waals surface area (Å²) in [7, 11) is 2.04. The van der Waals surface area contributed by atoms with Crippen LogP contribution in [0.4, 0.5) is 0 Å². The third-order valence-corrected chi connectivity index (χ3v) is 3.50. The molecule has 0 aliphatic carbocycles. The molecule has 1 fully saturated rings. The molecule has 0 spiro atoms. The average molecular weight is 240 g/mol. The van der Waals surface area contributed by atoms with Gasteiger partial charge in [-0.2, -0.15) is 0 Å². The molecule has 0 aromatic carbocycles. The fourth-order valence-electron chi connectivity index (χ4n) is 2.21. The van der Waals surface area contributed by atoms with Gasteiger partial charge in [-0.3, -0.25) is 4.79 Å². The van der Waals surface area contributed by atoms with Crippen LogP contribution in [0.15, 0.2) is 5.11 Å². The highest BCUT2D eigenvalue weighted by atomic mass is 16.1. The highest BCUT2D eigenvalue weighted by Gasteiger charge is 2.41. The van der Waals surface area contributed by atoms with Gasteiger partial charge in [0.05, 0.1) is 0 Å². The molecule has 7 nitrogen and oxygen atoms in total. The van der Waals surface area contributed by atoms with Gasteiger partial charge in [0, 0.05) is 30.6 Å². The van der Waals surface area contributed by atoms with Crippen LogP contribution in [-0.4, -0.2) is 49.1 Å². The Balaban J connectivity index is 2.63. The number of azide groups is 1. The number of amides is 1. The maximum atomic E-state index is 11.6. The quantitative estimate of drug-likeness (QED) is 0.310. The third kappa shape index (κ3) is 3.33. The summed E-state index contributed by atoms with van der Waals surface area (Å²) >= 11 is 0. The number of hydrogen-bond donors (Lipinski definition) is 2. The predicted molar refractivity (Wildman–Crippen MR) is 65.3 cm³/mol. The number of carbonyl (C=O) groups is 1. The summed E-state index contributed by atoms with van der Waals surface area (Å²) in [4.78, 5) is 16.5.